The van der Waals surface area contributed by atoms with Gasteiger partial charge in [0.25, 0.3) is 0 Å². The highest BCUT2D eigenvalue weighted by Crippen LogP contribution is 2.23. The number of hydrogen-bond acceptors (Lipinski definition) is 4. The van der Waals surface area contributed by atoms with Crippen LogP contribution in [0.1, 0.15) is 18.9 Å². The Balaban J connectivity index is 1.54. The molecule has 0 atom stereocenters. The molecule has 2 saturated heterocycles. The molecule has 7 heteroatoms. The summed E-state index contributed by atoms with van der Waals surface area (Å²) in [6.45, 7) is 4.26. The quantitative estimate of drug-likeness (QED) is 0.814. The fraction of sp³-hybridized carbons (Fsp3) is 0.692. The summed E-state index contributed by atoms with van der Waals surface area (Å²) in [4.78, 5) is 16.2. The van der Waals surface area contributed by atoms with Crippen molar-refractivity contribution in [2.45, 2.75) is 18.9 Å². The van der Waals surface area contributed by atoms with Gasteiger partial charge in [0.05, 0.1) is 19.3 Å². The van der Waals surface area contributed by atoms with E-state index in [2.05, 4.69) is 5.10 Å². The van der Waals surface area contributed by atoms with Gasteiger partial charge in [-0.15, -0.1) is 0 Å². The predicted octanol–water partition coefficient (Wildman–Crippen LogP) is 0.554. The third kappa shape index (κ3) is 2.72. The minimum atomic E-state index is 0.145. The monoisotopic (exact) mass is 279 g/mol. The van der Waals surface area contributed by atoms with Crippen LogP contribution < -0.4 is 5.73 Å². The number of nitrogen functional groups attached to an aromatic ring is 1. The summed E-state index contributed by atoms with van der Waals surface area (Å²) in [5.74, 6) is 0.553. The average Bonchev–Trinajstić information content (AvgIpc) is 2.94. The zero-order valence-electron chi connectivity index (χ0n) is 11.6. The molecule has 2 amide bonds. The van der Waals surface area contributed by atoms with Crippen molar-refractivity contribution in [3.8, 4) is 0 Å². The molecule has 1 aromatic rings. The molecular weight excluding hydrogens is 258 g/mol. The van der Waals surface area contributed by atoms with Gasteiger partial charge in [0.2, 0.25) is 0 Å². The Morgan fingerprint density at radius 3 is 2.45 bits per heavy atom. The van der Waals surface area contributed by atoms with Gasteiger partial charge in [-0.3, -0.25) is 4.68 Å². The summed E-state index contributed by atoms with van der Waals surface area (Å²) in [7, 11) is 0. The van der Waals surface area contributed by atoms with Gasteiger partial charge in [0, 0.05) is 32.4 Å². The number of anilines is 1. The first-order valence-electron chi connectivity index (χ1n) is 7.16. The fourth-order valence-electron chi connectivity index (χ4n) is 2.83. The Bertz CT molecular complexity index is 461. The SMILES string of the molecule is Nc1ccn(C2CCN(C(=O)N3CCOCC3)CC2)n1. The van der Waals surface area contributed by atoms with Crippen molar-refractivity contribution in [3.63, 3.8) is 0 Å². The standard InChI is InChI=1S/C13H21N5O2/c14-12-3-6-18(15-12)11-1-4-16(5-2-11)13(19)17-7-9-20-10-8-17/h3,6,11H,1-2,4-5,7-10H2,(H2,14,15). The second kappa shape index (κ2) is 5.70. The highest BCUT2D eigenvalue weighted by atomic mass is 16.5. The Morgan fingerprint density at radius 1 is 1.20 bits per heavy atom. The molecule has 0 bridgehead atoms. The Labute approximate surface area is 118 Å². The molecule has 3 heterocycles. The van der Waals surface area contributed by atoms with Gasteiger partial charge in [-0.1, -0.05) is 0 Å². The first kappa shape index (κ1) is 13.2. The molecule has 0 aliphatic carbocycles. The van der Waals surface area contributed by atoms with Crippen LogP contribution in [0.15, 0.2) is 12.3 Å². The molecular formula is C13H21N5O2. The van der Waals surface area contributed by atoms with E-state index in [1.165, 1.54) is 0 Å². The number of hydrogen-bond donors (Lipinski definition) is 1. The number of carbonyl (C=O) groups is 1. The molecule has 0 spiro atoms. The summed E-state index contributed by atoms with van der Waals surface area (Å²) in [6, 6.07) is 2.30. The molecule has 2 fully saturated rings. The van der Waals surface area contributed by atoms with Crippen LogP contribution in [-0.4, -0.2) is 65.0 Å². The molecule has 2 N–H and O–H groups in total. The summed E-state index contributed by atoms with van der Waals surface area (Å²) < 4.78 is 7.20. The lowest BCUT2D eigenvalue weighted by Gasteiger charge is -2.37. The highest BCUT2D eigenvalue weighted by Gasteiger charge is 2.28. The smallest absolute Gasteiger partial charge is 0.320 e. The second-order valence-electron chi connectivity index (χ2n) is 5.32. The number of nitrogens with zero attached hydrogens (tertiary/aromatic N) is 4. The van der Waals surface area contributed by atoms with Crippen LogP contribution in [0.5, 0.6) is 0 Å². The molecule has 1 aromatic heterocycles. The van der Waals surface area contributed by atoms with Crippen LogP contribution in [0.25, 0.3) is 0 Å². The van der Waals surface area contributed by atoms with Gasteiger partial charge < -0.3 is 20.3 Å². The zero-order chi connectivity index (χ0) is 13.9. The van der Waals surface area contributed by atoms with Gasteiger partial charge >= 0.3 is 6.03 Å². The van der Waals surface area contributed by atoms with Gasteiger partial charge in [0.1, 0.15) is 5.82 Å². The number of urea groups is 1. The topological polar surface area (TPSA) is 76.6 Å². The maximum atomic E-state index is 12.4. The predicted molar refractivity (Wildman–Crippen MR) is 74.3 cm³/mol. The van der Waals surface area contributed by atoms with Gasteiger partial charge in [-0.25, -0.2) is 4.79 Å². The summed E-state index contributed by atoms with van der Waals surface area (Å²) in [6.07, 6.45) is 3.77. The largest absolute Gasteiger partial charge is 0.382 e. The second-order valence-corrected chi connectivity index (χ2v) is 5.32. The lowest BCUT2D eigenvalue weighted by molar-refractivity contribution is 0.0401. The van der Waals surface area contributed by atoms with E-state index in [9.17, 15) is 4.79 Å². The molecule has 0 unspecified atom stereocenters. The van der Waals surface area contributed by atoms with Gasteiger partial charge in [0.15, 0.2) is 0 Å². The van der Waals surface area contributed by atoms with E-state index in [0.29, 0.717) is 38.2 Å². The molecule has 7 nitrogen and oxygen atoms in total. The number of nitrogens with two attached hydrogens (primary N) is 1. The number of rotatable bonds is 1. The van der Waals surface area contributed by atoms with Gasteiger partial charge in [-0.2, -0.15) is 5.10 Å². The van der Waals surface area contributed by atoms with Crippen LogP contribution in [0.3, 0.4) is 0 Å². The summed E-state index contributed by atoms with van der Waals surface area (Å²) in [5.41, 5.74) is 5.64. The van der Waals surface area contributed by atoms with Crippen molar-refractivity contribution in [3.05, 3.63) is 12.3 Å². The van der Waals surface area contributed by atoms with E-state index in [0.717, 1.165) is 25.9 Å². The molecule has 3 rings (SSSR count). The lowest BCUT2D eigenvalue weighted by atomic mass is 10.1. The van der Waals surface area contributed by atoms with E-state index in [1.807, 2.05) is 26.7 Å². The normalized spacial score (nSPS) is 21.2. The van der Waals surface area contributed by atoms with E-state index in [-0.39, 0.29) is 6.03 Å². The minimum Gasteiger partial charge on any atom is -0.382 e. The third-order valence-corrected chi connectivity index (χ3v) is 4.02. The fourth-order valence-corrected chi connectivity index (χ4v) is 2.83. The van der Waals surface area contributed by atoms with Crippen molar-refractivity contribution < 1.29 is 9.53 Å². The van der Waals surface area contributed by atoms with E-state index >= 15 is 0 Å². The number of piperidine rings is 1. The van der Waals surface area contributed by atoms with Crippen molar-refractivity contribution in [1.82, 2.24) is 19.6 Å². The molecule has 0 saturated carbocycles. The Hall–Kier alpha value is -1.76. The van der Waals surface area contributed by atoms with Crippen LogP contribution in [-0.2, 0) is 4.74 Å². The van der Waals surface area contributed by atoms with Crippen molar-refractivity contribution in [2.75, 3.05) is 45.1 Å². The van der Waals surface area contributed by atoms with E-state index in [1.54, 1.807) is 0 Å². The van der Waals surface area contributed by atoms with E-state index in [4.69, 9.17) is 10.5 Å². The number of amides is 2. The van der Waals surface area contributed by atoms with Crippen molar-refractivity contribution >= 4 is 11.8 Å². The summed E-state index contributed by atoms with van der Waals surface area (Å²) >= 11 is 0. The zero-order valence-corrected chi connectivity index (χ0v) is 11.6. The Morgan fingerprint density at radius 2 is 1.85 bits per heavy atom. The van der Waals surface area contributed by atoms with E-state index < -0.39 is 0 Å². The van der Waals surface area contributed by atoms with Crippen LogP contribution in [0.2, 0.25) is 0 Å². The van der Waals surface area contributed by atoms with Crippen molar-refractivity contribution in [1.29, 1.82) is 0 Å². The minimum absolute atomic E-state index is 0.145. The van der Waals surface area contributed by atoms with Crippen LogP contribution >= 0.6 is 0 Å². The number of ether oxygens (including phenoxy) is 1. The number of aromatic nitrogens is 2. The van der Waals surface area contributed by atoms with Gasteiger partial charge in [-0.05, 0) is 18.9 Å². The number of carbonyl (C=O) groups excluding carboxylic acids is 1. The third-order valence-electron chi connectivity index (χ3n) is 4.02. The van der Waals surface area contributed by atoms with Crippen LogP contribution in [0, 0.1) is 0 Å². The molecule has 2 aliphatic heterocycles. The molecule has 0 radical (unpaired) electrons. The number of likely N-dealkylation sites (tertiary alicyclic amines) is 1. The molecule has 0 aromatic carbocycles. The molecule has 20 heavy (non-hydrogen) atoms. The van der Waals surface area contributed by atoms with Crippen molar-refractivity contribution in [2.24, 2.45) is 0 Å². The lowest BCUT2D eigenvalue weighted by Crippen LogP contribution is -2.50. The highest BCUT2D eigenvalue weighted by molar-refractivity contribution is 5.74. The maximum Gasteiger partial charge on any atom is 0.320 e. The average molecular weight is 279 g/mol. The van der Waals surface area contributed by atoms with Crippen LogP contribution in [0.4, 0.5) is 10.6 Å². The maximum absolute atomic E-state index is 12.4. The first-order valence-corrected chi connectivity index (χ1v) is 7.16. The number of morpholine rings is 1. The Kier molecular flexibility index (Phi) is 3.77. The first-order chi connectivity index (χ1) is 9.74. The summed E-state index contributed by atoms with van der Waals surface area (Å²) in [5, 5.41) is 4.26. The molecule has 2 aliphatic rings. The molecule has 110 valence electrons.